The highest BCUT2D eigenvalue weighted by atomic mass is 32.2. The Morgan fingerprint density at radius 3 is 3.00 bits per heavy atom. The molecule has 4 N–H and O–H groups in total. The van der Waals surface area contributed by atoms with Crippen LogP contribution in [0, 0.1) is 0 Å². The lowest BCUT2D eigenvalue weighted by atomic mass is 10.5. The zero-order valence-corrected chi connectivity index (χ0v) is 8.04. The van der Waals surface area contributed by atoms with Crippen molar-refractivity contribution in [2.24, 2.45) is 16.7 Å². The fourth-order valence-corrected chi connectivity index (χ4v) is 1.13. The monoisotopic (exact) mass is 201 g/mol. The zero-order chi connectivity index (χ0) is 9.68. The normalized spacial score (nSPS) is 11.9. The van der Waals surface area contributed by atoms with Crippen molar-refractivity contribution in [2.75, 3.05) is 0 Å². The van der Waals surface area contributed by atoms with Gasteiger partial charge in [-0.15, -0.1) is 0 Å². The molecule has 1 heterocycles. The van der Waals surface area contributed by atoms with Crippen LogP contribution in [0.2, 0.25) is 0 Å². The number of rotatable bonds is 3. The van der Waals surface area contributed by atoms with E-state index in [9.17, 15) is 0 Å². The summed E-state index contributed by atoms with van der Waals surface area (Å²) in [5, 5.41) is 7.33. The van der Waals surface area contributed by atoms with Gasteiger partial charge in [-0.25, -0.2) is 0 Å². The molecule has 0 spiro atoms. The molecule has 13 heavy (non-hydrogen) atoms. The third kappa shape index (κ3) is 2.94. The van der Waals surface area contributed by atoms with Crippen LogP contribution in [0.5, 0.6) is 0 Å². The molecule has 0 saturated heterocycles. The Balaban J connectivity index is 2.45. The smallest absolute Gasteiger partial charge is 0.237 e. The van der Waals surface area contributed by atoms with Crippen LogP contribution in [0.3, 0.4) is 0 Å². The number of aryl methyl sites for hydroxylation is 1. The number of hydrazone groups is 1. The Labute approximate surface area is 79.7 Å². The summed E-state index contributed by atoms with van der Waals surface area (Å²) >= 11 is 1.26. The van der Waals surface area contributed by atoms with Crippen LogP contribution in [0.25, 0.3) is 0 Å². The van der Waals surface area contributed by atoms with Crippen molar-refractivity contribution < 1.29 is 4.52 Å². The minimum absolute atomic E-state index is 0.302. The molecule has 0 aliphatic carbocycles. The zero-order valence-electron chi connectivity index (χ0n) is 7.23. The molecular weight excluding hydrogens is 190 g/mol. The van der Waals surface area contributed by atoms with E-state index in [4.69, 9.17) is 16.1 Å². The SMILES string of the molecule is CCc1noc(CSC(N)=NN)n1. The molecule has 0 unspecified atom stereocenters. The highest BCUT2D eigenvalue weighted by molar-refractivity contribution is 8.13. The lowest BCUT2D eigenvalue weighted by Gasteiger charge is -1.92. The summed E-state index contributed by atoms with van der Waals surface area (Å²) in [6.07, 6.45) is 0.759. The van der Waals surface area contributed by atoms with Crippen molar-refractivity contribution in [3.8, 4) is 0 Å². The fourth-order valence-electron chi connectivity index (χ4n) is 0.665. The van der Waals surface area contributed by atoms with Crippen molar-refractivity contribution in [1.82, 2.24) is 10.1 Å². The van der Waals surface area contributed by atoms with Gasteiger partial charge in [-0.3, -0.25) is 0 Å². The molecule has 1 aromatic rings. The second-order valence-corrected chi connectivity index (χ2v) is 3.21. The summed E-state index contributed by atoms with van der Waals surface area (Å²) in [5.41, 5.74) is 5.36. The summed E-state index contributed by atoms with van der Waals surface area (Å²) in [6.45, 7) is 1.96. The van der Waals surface area contributed by atoms with Crippen LogP contribution in [0.4, 0.5) is 0 Å². The van der Waals surface area contributed by atoms with Crippen molar-refractivity contribution in [3.05, 3.63) is 11.7 Å². The van der Waals surface area contributed by atoms with E-state index in [1.54, 1.807) is 0 Å². The van der Waals surface area contributed by atoms with Gasteiger partial charge in [0.15, 0.2) is 11.0 Å². The van der Waals surface area contributed by atoms with E-state index >= 15 is 0 Å². The van der Waals surface area contributed by atoms with Crippen LogP contribution < -0.4 is 11.6 Å². The summed E-state index contributed by atoms with van der Waals surface area (Å²) in [6, 6.07) is 0. The first-order valence-corrected chi connectivity index (χ1v) is 4.72. The first-order valence-electron chi connectivity index (χ1n) is 3.74. The maximum atomic E-state index is 5.36. The van der Waals surface area contributed by atoms with E-state index in [1.165, 1.54) is 11.8 Å². The van der Waals surface area contributed by atoms with Gasteiger partial charge in [-0.1, -0.05) is 23.8 Å². The molecule has 6 nitrogen and oxygen atoms in total. The van der Waals surface area contributed by atoms with Gasteiger partial charge < -0.3 is 16.1 Å². The van der Waals surface area contributed by atoms with E-state index in [2.05, 4.69) is 15.2 Å². The Hall–Kier alpha value is -1.24. The van der Waals surface area contributed by atoms with Crippen LogP contribution in [0.15, 0.2) is 9.62 Å². The molecule has 0 aliphatic rings. The van der Waals surface area contributed by atoms with Crippen molar-refractivity contribution in [2.45, 2.75) is 19.1 Å². The lowest BCUT2D eigenvalue weighted by molar-refractivity contribution is 0.385. The first-order chi connectivity index (χ1) is 6.26. The lowest BCUT2D eigenvalue weighted by Crippen LogP contribution is -2.09. The van der Waals surface area contributed by atoms with Crippen molar-refractivity contribution in [1.29, 1.82) is 0 Å². The summed E-state index contributed by atoms with van der Waals surface area (Å²) in [5.74, 6) is 6.67. The Kier molecular flexibility index (Phi) is 3.56. The number of hydrogen-bond acceptors (Lipinski definition) is 6. The molecule has 0 amide bonds. The minimum atomic E-state index is 0.302. The van der Waals surface area contributed by atoms with Crippen LogP contribution >= 0.6 is 11.8 Å². The van der Waals surface area contributed by atoms with E-state index in [0.717, 1.165) is 6.42 Å². The van der Waals surface area contributed by atoms with Crippen molar-refractivity contribution >= 4 is 16.9 Å². The fraction of sp³-hybridized carbons (Fsp3) is 0.500. The van der Waals surface area contributed by atoms with Crippen LogP contribution in [-0.4, -0.2) is 15.3 Å². The molecular formula is C6H11N5OS. The maximum absolute atomic E-state index is 5.36. The third-order valence-corrected chi connectivity index (χ3v) is 2.09. The average molecular weight is 201 g/mol. The largest absolute Gasteiger partial charge is 0.377 e. The quantitative estimate of drug-likeness (QED) is 0.310. The summed E-state index contributed by atoms with van der Waals surface area (Å²) < 4.78 is 4.92. The Morgan fingerprint density at radius 2 is 2.46 bits per heavy atom. The first kappa shape index (κ1) is 9.85. The second kappa shape index (κ2) is 4.70. The summed E-state index contributed by atoms with van der Waals surface area (Å²) in [4.78, 5) is 4.09. The van der Waals surface area contributed by atoms with Gasteiger partial charge in [0.25, 0.3) is 0 Å². The number of nitrogens with two attached hydrogens (primary N) is 2. The summed E-state index contributed by atoms with van der Waals surface area (Å²) in [7, 11) is 0. The maximum Gasteiger partial charge on any atom is 0.237 e. The van der Waals surface area contributed by atoms with Crippen LogP contribution in [-0.2, 0) is 12.2 Å². The number of thioether (sulfide) groups is 1. The molecule has 0 saturated carbocycles. The van der Waals surface area contributed by atoms with E-state index < -0.39 is 0 Å². The highest BCUT2D eigenvalue weighted by Gasteiger charge is 2.05. The Bertz CT molecular complexity index is 297. The molecule has 0 fully saturated rings. The number of amidine groups is 1. The average Bonchev–Trinajstić information content (AvgIpc) is 2.61. The van der Waals surface area contributed by atoms with E-state index in [0.29, 0.717) is 22.6 Å². The standard InChI is InChI=1S/C6H11N5OS/c1-2-4-9-5(12-11-4)3-13-6(7)10-8/h2-3,8H2,1H3,(H2,7,10). The molecule has 0 atom stereocenters. The number of aromatic nitrogens is 2. The topological polar surface area (TPSA) is 103 Å². The molecule has 1 rings (SSSR count). The molecule has 0 aliphatic heterocycles. The molecule has 0 radical (unpaired) electrons. The predicted molar refractivity (Wildman–Crippen MR) is 50.8 cm³/mol. The van der Waals surface area contributed by atoms with Crippen LogP contribution in [0.1, 0.15) is 18.6 Å². The molecule has 0 bridgehead atoms. The van der Waals surface area contributed by atoms with Gasteiger partial charge in [0.2, 0.25) is 5.89 Å². The number of hydrogen-bond donors (Lipinski definition) is 2. The molecule has 1 aromatic heterocycles. The van der Waals surface area contributed by atoms with Gasteiger partial charge in [0, 0.05) is 6.42 Å². The molecule has 7 heteroatoms. The second-order valence-electron chi connectivity index (χ2n) is 2.21. The van der Waals surface area contributed by atoms with E-state index in [1.807, 2.05) is 6.92 Å². The third-order valence-electron chi connectivity index (χ3n) is 1.30. The molecule has 0 aromatic carbocycles. The van der Waals surface area contributed by atoms with Gasteiger partial charge in [0.1, 0.15) is 0 Å². The minimum Gasteiger partial charge on any atom is -0.377 e. The van der Waals surface area contributed by atoms with Gasteiger partial charge >= 0.3 is 0 Å². The number of nitrogens with zero attached hydrogens (tertiary/aromatic N) is 3. The van der Waals surface area contributed by atoms with Gasteiger partial charge in [-0.05, 0) is 0 Å². The Morgan fingerprint density at radius 1 is 1.69 bits per heavy atom. The van der Waals surface area contributed by atoms with Crippen molar-refractivity contribution in [3.63, 3.8) is 0 Å². The van der Waals surface area contributed by atoms with Gasteiger partial charge in [-0.2, -0.15) is 10.1 Å². The molecule has 72 valence electrons. The highest BCUT2D eigenvalue weighted by Crippen LogP contribution is 2.09. The van der Waals surface area contributed by atoms with Gasteiger partial charge in [0.05, 0.1) is 5.75 Å². The predicted octanol–water partition coefficient (Wildman–Crippen LogP) is 0.0536. The van der Waals surface area contributed by atoms with E-state index in [-0.39, 0.29) is 0 Å².